The van der Waals surface area contributed by atoms with Crippen LogP contribution in [0, 0.1) is 11.8 Å². The molecule has 3 rings (SSSR count). The quantitative estimate of drug-likeness (QED) is 0.865. The first-order valence-corrected chi connectivity index (χ1v) is 7.98. The van der Waals surface area contributed by atoms with E-state index in [1.807, 2.05) is 6.20 Å². The van der Waals surface area contributed by atoms with Gasteiger partial charge in [-0.3, -0.25) is 0 Å². The number of aliphatic hydroxyl groups excluding tert-OH is 1. The monoisotopic (exact) mass is 291 g/mol. The van der Waals surface area contributed by atoms with E-state index in [1.54, 1.807) is 0 Å². The molecule has 2 saturated heterocycles. The van der Waals surface area contributed by atoms with Gasteiger partial charge in [0.1, 0.15) is 5.82 Å². The zero-order valence-electron chi connectivity index (χ0n) is 12.5. The van der Waals surface area contributed by atoms with Crippen molar-refractivity contribution < 1.29 is 9.84 Å². The maximum atomic E-state index is 9.19. The van der Waals surface area contributed by atoms with Gasteiger partial charge in [0.15, 0.2) is 0 Å². The van der Waals surface area contributed by atoms with E-state index in [0.717, 1.165) is 57.9 Å². The molecule has 2 N–H and O–H groups in total. The van der Waals surface area contributed by atoms with Crippen LogP contribution in [0.25, 0.3) is 0 Å². The lowest BCUT2D eigenvalue weighted by Crippen LogP contribution is -2.34. The third-order valence-corrected chi connectivity index (χ3v) is 4.58. The minimum absolute atomic E-state index is 0.319. The highest BCUT2D eigenvalue weighted by Crippen LogP contribution is 2.23. The van der Waals surface area contributed by atoms with Crippen LogP contribution in [0.2, 0.25) is 0 Å². The number of anilines is 2. The molecule has 2 aliphatic heterocycles. The topological polar surface area (TPSA) is 57.6 Å². The van der Waals surface area contributed by atoms with Gasteiger partial charge >= 0.3 is 0 Å². The second kappa shape index (κ2) is 7.09. The summed E-state index contributed by atoms with van der Waals surface area (Å²) in [5.41, 5.74) is 1.18. The summed E-state index contributed by atoms with van der Waals surface area (Å²) >= 11 is 0. The van der Waals surface area contributed by atoms with Crippen LogP contribution in [-0.4, -0.2) is 49.5 Å². The van der Waals surface area contributed by atoms with E-state index < -0.39 is 0 Å². The number of ether oxygens (including phenoxy) is 1. The molecule has 1 aromatic rings. The number of nitrogens with one attached hydrogen (secondary N) is 1. The van der Waals surface area contributed by atoms with Gasteiger partial charge < -0.3 is 20.1 Å². The highest BCUT2D eigenvalue weighted by Gasteiger charge is 2.19. The van der Waals surface area contributed by atoms with E-state index in [9.17, 15) is 5.11 Å². The third kappa shape index (κ3) is 3.86. The smallest absolute Gasteiger partial charge is 0.126 e. The molecule has 5 heteroatoms. The molecule has 0 radical (unpaired) electrons. The molecule has 116 valence electrons. The predicted molar refractivity (Wildman–Crippen MR) is 83.7 cm³/mol. The second-order valence-corrected chi connectivity index (χ2v) is 6.13. The van der Waals surface area contributed by atoms with Crippen molar-refractivity contribution in [3.8, 4) is 0 Å². The summed E-state index contributed by atoms with van der Waals surface area (Å²) in [5, 5.41) is 12.6. The van der Waals surface area contributed by atoms with Crippen LogP contribution < -0.4 is 10.2 Å². The molecule has 5 nitrogen and oxygen atoms in total. The Labute approximate surface area is 126 Å². The molecule has 1 unspecified atom stereocenters. The normalized spacial score (nSPS) is 23.5. The first-order valence-electron chi connectivity index (χ1n) is 7.98. The van der Waals surface area contributed by atoms with Gasteiger partial charge in [0, 0.05) is 38.8 Å². The summed E-state index contributed by atoms with van der Waals surface area (Å²) in [5.74, 6) is 2.03. The first kappa shape index (κ1) is 14.6. The molecular weight excluding hydrogens is 266 g/mol. The molecular formula is C16H25N3O2. The van der Waals surface area contributed by atoms with Gasteiger partial charge in [-0.1, -0.05) is 0 Å². The second-order valence-electron chi connectivity index (χ2n) is 6.13. The lowest BCUT2D eigenvalue weighted by atomic mass is 9.98. The average Bonchev–Trinajstić information content (AvgIpc) is 3.07. The molecule has 2 fully saturated rings. The van der Waals surface area contributed by atoms with Crippen molar-refractivity contribution >= 4 is 11.5 Å². The molecule has 1 atom stereocenters. The molecule has 0 spiro atoms. The summed E-state index contributed by atoms with van der Waals surface area (Å²) in [7, 11) is 0. The van der Waals surface area contributed by atoms with Crippen LogP contribution in [0.3, 0.4) is 0 Å². The Balaban J connectivity index is 1.49. The number of aromatic nitrogens is 1. The minimum atomic E-state index is 0.319. The number of pyridine rings is 1. The summed E-state index contributed by atoms with van der Waals surface area (Å²) in [6.45, 7) is 5.04. The van der Waals surface area contributed by atoms with E-state index in [-0.39, 0.29) is 0 Å². The lowest BCUT2D eigenvalue weighted by molar-refractivity contribution is 0.187. The number of hydrogen-bond acceptors (Lipinski definition) is 5. The Hall–Kier alpha value is -1.33. The van der Waals surface area contributed by atoms with E-state index in [1.165, 1.54) is 5.69 Å². The standard InChI is InChI=1S/C16H25N3O2/c20-11-13-3-6-19(7-4-13)15-1-2-16(18-10-15)17-9-14-5-8-21-12-14/h1-2,10,13-14,20H,3-9,11-12H2,(H,17,18). The van der Waals surface area contributed by atoms with Crippen LogP contribution in [0.5, 0.6) is 0 Å². The molecule has 2 aliphatic rings. The fourth-order valence-electron chi connectivity index (χ4n) is 3.04. The van der Waals surface area contributed by atoms with Gasteiger partial charge in [0.05, 0.1) is 18.5 Å². The SMILES string of the molecule is OCC1CCN(c2ccc(NCC3CCOC3)nc2)CC1. The van der Waals surface area contributed by atoms with Gasteiger partial charge in [-0.25, -0.2) is 4.98 Å². The van der Waals surface area contributed by atoms with Crippen LogP contribution in [0.1, 0.15) is 19.3 Å². The molecule has 3 heterocycles. The highest BCUT2D eigenvalue weighted by atomic mass is 16.5. The van der Waals surface area contributed by atoms with Crippen LogP contribution >= 0.6 is 0 Å². The molecule has 0 saturated carbocycles. The van der Waals surface area contributed by atoms with Crippen molar-refractivity contribution in [1.82, 2.24) is 4.98 Å². The van der Waals surface area contributed by atoms with Crippen LogP contribution in [-0.2, 0) is 4.74 Å². The Bertz CT molecular complexity index is 424. The van der Waals surface area contributed by atoms with E-state index in [2.05, 4.69) is 27.3 Å². The third-order valence-electron chi connectivity index (χ3n) is 4.58. The molecule has 0 bridgehead atoms. The molecule has 21 heavy (non-hydrogen) atoms. The summed E-state index contributed by atoms with van der Waals surface area (Å²) in [6, 6.07) is 4.20. The van der Waals surface area contributed by atoms with Gasteiger partial charge in [-0.15, -0.1) is 0 Å². The van der Waals surface area contributed by atoms with Crippen molar-refractivity contribution in [3.63, 3.8) is 0 Å². The number of aliphatic hydroxyl groups is 1. The summed E-state index contributed by atoms with van der Waals surface area (Å²) in [6.07, 6.45) is 5.23. The minimum Gasteiger partial charge on any atom is -0.396 e. The van der Waals surface area contributed by atoms with E-state index in [0.29, 0.717) is 18.4 Å². The number of hydrogen-bond donors (Lipinski definition) is 2. The Morgan fingerprint density at radius 1 is 1.24 bits per heavy atom. The Morgan fingerprint density at radius 3 is 2.71 bits per heavy atom. The largest absolute Gasteiger partial charge is 0.396 e. The molecule has 1 aromatic heterocycles. The fourth-order valence-corrected chi connectivity index (χ4v) is 3.04. The summed E-state index contributed by atoms with van der Waals surface area (Å²) < 4.78 is 5.38. The molecule has 0 aromatic carbocycles. The zero-order valence-corrected chi connectivity index (χ0v) is 12.5. The van der Waals surface area contributed by atoms with Crippen molar-refractivity contribution in [1.29, 1.82) is 0 Å². The Kier molecular flexibility index (Phi) is 4.93. The van der Waals surface area contributed by atoms with Crippen LogP contribution in [0.4, 0.5) is 11.5 Å². The molecule has 0 aliphatic carbocycles. The first-order chi connectivity index (χ1) is 10.3. The number of piperidine rings is 1. The molecule has 0 amide bonds. The average molecular weight is 291 g/mol. The predicted octanol–water partition coefficient (Wildman–Crippen LogP) is 1.74. The number of rotatable bonds is 5. The van der Waals surface area contributed by atoms with Crippen LogP contribution in [0.15, 0.2) is 18.3 Å². The van der Waals surface area contributed by atoms with Crippen molar-refractivity contribution in [2.45, 2.75) is 19.3 Å². The van der Waals surface area contributed by atoms with Crippen molar-refractivity contribution in [2.24, 2.45) is 11.8 Å². The van der Waals surface area contributed by atoms with Gasteiger partial charge in [-0.05, 0) is 37.3 Å². The maximum Gasteiger partial charge on any atom is 0.126 e. The van der Waals surface area contributed by atoms with Gasteiger partial charge in [0.2, 0.25) is 0 Å². The lowest BCUT2D eigenvalue weighted by Gasteiger charge is -2.32. The Morgan fingerprint density at radius 2 is 2.10 bits per heavy atom. The van der Waals surface area contributed by atoms with Gasteiger partial charge in [-0.2, -0.15) is 0 Å². The zero-order chi connectivity index (χ0) is 14.5. The van der Waals surface area contributed by atoms with Gasteiger partial charge in [0.25, 0.3) is 0 Å². The van der Waals surface area contributed by atoms with Crippen molar-refractivity contribution in [2.75, 3.05) is 49.7 Å². The highest BCUT2D eigenvalue weighted by molar-refractivity contribution is 5.49. The van der Waals surface area contributed by atoms with E-state index >= 15 is 0 Å². The number of nitrogens with zero attached hydrogens (tertiary/aromatic N) is 2. The van der Waals surface area contributed by atoms with E-state index in [4.69, 9.17) is 4.74 Å². The maximum absolute atomic E-state index is 9.19. The van der Waals surface area contributed by atoms with Crippen molar-refractivity contribution in [3.05, 3.63) is 18.3 Å². The summed E-state index contributed by atoms with van der Waals surface area (Å²) in [4.78, 5) is 6.87. The fraction of sp³-hybridized carbons (Fsp3) is 0.688.